The van der Waals surface area contributed by atoms with E-state index in [-0.39, 0.29) is 29.9 Å². The predicted molar refractivity (Wildman–Crippen MR) is 70.3 cm³/mol. The Hall–Kier alpha value is -2.22. The van der Waals surface area contributed by atoms with Gasteiger partial charge in [0, 0.05) is 13.0 Å². The molecule has 1 fully saturated rings. The SMILES string of the molecule is CCOC(=O)c1cnc(N2CC(CN)CC2=O)[nH]c1=O. The quantitative estimate of drug-likeness (QED) is 0.701. The van der Waals surface area contributed by atoms with E-state index in [1.54, 1.807) is 6.92 Å². The zero-order chi connectivity index (χ0) is 14.7. The molecule has 1 aromatic rings. The minimum atomic E-state index is -0.736. The van der Waals surface area contributed by atoms with E-state index < -0.39 is 11.5 Å². The van der Waals surface area contributed by atoms with Crippen molar-refractivity contribution in [2.75, 3.05) is 24.6 Å². The van der Waals surface area contributed by atoms with Crippen LogP contribution in [0.1, 0.15) is 23.7 Å². The van der Waals surface area contributed by atoms with Gasteiger partial charge in [-0.15, -0.1) is 0 Å². The van der Waals surface area contributed by atoms with Crippen LogP contribution in [0.4, 0.5) is 5.95 Å². The lowest BCUT2D eigenvalue weighted by Gasteiger charge is -2.14. The van der Waals surface area contributed by atoms with Gasteiger partial charge in [0.1, 0.15) is 5.56 Å². The molecule has 0 saturated carbocycles. The average molecular weight is 280 g/mol. The van der Waals surface area contributed by atoms with Crippen molar-refractivity contribution < 1.29 is 14.3 Å². The standard InChI is InChI=1S/C12H16N4O4/c1-2-20-11(19)8-5-14-12(15-10(8)18)16-6-7(4-13)3-9(16)17/h5,7H,2-4,6,13H2,1H3,(H,14,15,18). The number of anilines is 1. The molecule has 20 heavy (non-hydrogen) atoms. The molecule has 1 amide bonds. The van der Waals surface area contributed by atoms with Crippen molar-refractivity contribution in [2.45, 2.75) is 13.3 Å². The van der Waals surface area contributed by atoms with Crippen molar-refractivity contribution in [2.24, 2.45) is 11.7 Å². The summed E-state index contributed by atoms with van der Waals surface area (Å²) in [5, 5.41) is 0. The van der Waals surface area contributed by atoms with Gasteiger partial charge < -0.3 is 10.5 Å². The Morgan fingerprint density at radius 2 is 2.35 bits per heavy atom. The van der Waals surface area contributed by atoms with Gasteiger partial charge in [-0.1, -0.05) is 0 Å². The minimum absolute atomic E-state index is 0.0533. The summed E-state index contributed by atoms with van der Waals surface area (Å²) in [7, 11) is 0. The molecule has 0 aliphatic carbocycles. The second-order valence-electron chi connectivity index (χ2n) is 4.48. The van der Waals surface area contributed by atoms with Crippen LogP contribution < -0.4 is 16.2 Å². The lowest BCUT2D eigenvalue weighted by molar-refractivity contribution is -0.117. The Morgan fingerprint density at radius 3 is 2.90 bits per heavy atom. The number of nitrogens with one attached hydrogen (secondary N) is 1. The molecule has 1 saturated heterocycles. The van der Waals surface area contributed by atoms with E-state index in [0.29, 0.717) is 19.5 Å². The number of aromatic nitrogens is 2. The summed E-state index contributed by atoms with van der Waals surface area (Å²) in [6, 6.07) is 0. The summed E-state index contributed by atoms with van der Waals surface area (Å²) < 4.78 is 4.73. The number of aromatic amines is 1. The van der Waals surface area contributed by atoms with Crippen LogP contribution in [-0.4, -0.2) is 41.5 Å². The van der Waals surface area contributed by atoms with Crippen LogP contribution in [0.15, 0.2) is 11.0 Å². The van der Waals surface area contributed by atoms with Gasteiger partial charge in [-0.3, -0.25) is 19.5 Å². The molecule has 0 spiro atoms. The summed E-state index contributed by atoms with van der Waals surface area (Å²) in [6.45, 7) is 2.62. The number of carbonyl (C=O) groups excluding carboxylic acids is 2. The fourth-order valence-corrected chi connectivity index (χ4v) is 2.02. The molecule has 0 bridgehead atoms. The third-order valence-electron chi connectivity index (χ3n) is 3.08. The van der Waals surface area contributed by atoms with Crippen molar-refractivity contribution >= 4 is 17.8 Å². The van der Waals surface area contributed by atoms with E-state index in [4.69, 9.17) is 10.5 Å². The van der Waals surface area contributed by atoms with E-state index in [1.165, 1.54) is 4.90 Å². The molecule has 3 N–H and O–H groups in total. The molecule has 1 aromatic heterocycles. The van der Waals surface area contributed by atoms with Crippen molar-refractivity contribution in [1.29, 1.82) is 0 Å². The maximum Gasteiger partial charge on any atom is 0.345 e. The Kier molecular flexibility index (Phi) is 4.14. The summed E-state index contributed by atoms with van der Waals surface area (Å²) in [5.41, 5.74) is 4.72. The smallest absolute Gasteiger partial charge is 0.345 e. The molecule has 0 aromatic carbocycles. The number of nitrogens with zero attached hydrogens (tertiary/aromatic N) is 2. The number of hydrogen-bond donors (Lipinski definition) is 2. The highest BCUT2D eigenvalue weighted by Crippen LogP contribution is 2.20. The van der Waals surface area contributed by atoms with Crippen LogP contribution in [0.25, 0.3) is 0 Å². The normalized spacial score (nSPS) is 18.4. The molecule has 1 atom stereocenters. The second kappa shape index (κ2) is 5.83. The largest absolute Gasteiger partial charge is 0.462 e. The van der Waals surface area contributed by atoms with E-state index in [1.807, 2.05) is 0 Å². The monoisotopic (exact) mass is 280 g/mol. The first kappa shape index (κ1) is 14.2. The number of esters is 1. The molecular formula is C12H16N4O4. The van der Waals surface area contributed by atoms with E-state index in [0.717, 1.165) is 6.20 Å². The lowest BCUT2D eigenvalue weighted by Crippen LogP contribution is -2.31. The van der Waals surface area contributed by atoms with Crippen LogP contribution in [0.5, 0.6) is 0 Å². The minimum Gasteiger partial charge on any atom is -0.462 e. The number of rotatable bonds is 4. The van der Waals surface area contributed by atoms with Crippen LogP contribution in [0.3, 0.4) is 0 Å². The maximum atomic E-state index is 11.8. The molecule has 0 radical (unpaired) electrons. The Morgan fingerprint density at radius 1 is 1.60 bits per heavy atom. The zero-order valence-electron chi connectivity index (χ0n) is 11.1. The third-order valence-corrected chi connectivity index (χ3v) is 3.08. The lowest BCUT2D eigenvalue weighted by atomic mass is 10.1. The van der Waals surface area contributed by atoms with E-state index in [9.17, 15) is 14.4 Å². The highest BCUT2D eigenvalue weighted by molar-refractivity contribution is 5.94. The van der Waals surface area contributed by atoms with Crippen LogP contribution >= 0.6 is 0 Å². The first-order valence-electron chi connectivity index (χ1n) is 6.33. The highest BCUT2D eigenvalue weighted by Gasteiger charge is 2.31. The number of hydrogen-bond acceptors (Lipinski definition) is 6. The zero-order valence-corrected chi connectivity index (χ0v) is 11.1. The van der Waals surface area contributed by atoms with Crippen LogP contribution in [0, 0.1) is 5.92 Å². The fourth-order valence-electron chi connectivity index (χ4n) is 2.02. The van der Waals surface area contributed by atoms with Gasteiger partial charge in [-0.05, 0) is 19.4 Å². The highest BCUT2D eigenvalue weighted by atomic mass is 16.5. The topological polar surface area (TPSA) is 118 Å². The first-order chi connectivity index (χ1) is 9.56. The van der Waals surface area contributed by atoms with Crippen molar-refractivity contribution in [3.63, 3.8) is 0 Å². The Labute approximate surface area is 114 Å². The number of ether oxygens (including phenoxy) is 1. The summed E-state index contributed by atoms with van der Waals surface area (Å²) in [4.78, 5) is 42.8. The average Bonchev–Trinajstić information content (AvgIpc) is 2.80. The van der Waals surface area contributed by atoms with Crippen molar-refractivity contribution in [1.82, 2.24) is 9.97 Å². The molecule has 8 nitrogen and oxygen atoms in total. The summed E-state index contributed by atoms with van der Waals surface area (Å²) >= 11 is 0. The third kappa shape index (κ3) is 2.69. The van der Waals surface area contributed by atoms with Gasteiger partial charge in [0.15, 0.2) is 0 Å². The molecule has 1 aliphatic rings. The van der Waals surface area contributed by atoms with Gasteiger partial charge in [0.25, 0.3) is 5.56 Å². The van der Waals surface area contributed by atoms with Crippen LogP contribution in [-0.2, 0) is 9.53 Å². The summed E-state index contributed by atoms with van der Waals surface area (Å²) in [5.74, 6) is -0.700. The number of amides is 1. The molecule has 108 valence electrons. The number of H-pyrrole nitrogens is 1. The van der Waals surface area contributed by atoms with Crippen LogP contribution in [0.2, 0.25) is 0 Å². The Balaban J connectivity index is 2.24. The van der Waals surface area contributed by atoms with Gasteiger partial charge in [-0.25, -0.2) is 9.78 Å². The van der Waals surface area contributed by atoms with Gasteiger partial charge in [-0.2, -0.15) is 0 Å². The van der Waals surface area contributed by atoms with E-state index >= 15 is 0 Å². The summed E-state index contributed by atoms with van der Waals surface area (Å²) in [6.07, 6.45) is 1.45. The van der Waals surface area contributed by atoms with E-state index in [2.05, 4.69) is 9.97 Å². The first-order valence-corrected chi connectivity index (χ1v) is 6.33. The Bertz CT molecular complexity index is 583. The molecule has 1 unspecified atom stereocenters. The predicted octanol–water partition coefficient (Wildman–Crippen LogP) is -0.742. The molecular weight excluding hydrogens is 264 g/mol. The number of nitrogens with two attached hydrogens (primary N) is 1. The molecule has 2 heterocycles. The van der Waals surface area contributed by atoms with Crippen molar-refractivity contribution in [3.8, 4) is 0 Å². The molecule has 2 rings (SSSR count). The van der Waals surface area contributed by atoms with Gasteiger partial charge in [0.05, 0.1) is 12.8 Å². The number of carbonyl (C=O) groups is 2. The maximum absolute atomic E-state index is 11.8. The van der Waals surface area contributed by atoms with Gasteiger partial charge >= 0.3 is 5.97 Å². The van der Waals surface area contributed by atoms with Crippen molar-refractivity contribution in [3.05, 3.63) is 22.1 Å². The molecule has 1 aliphatic heterocycles. The van der Waals surface area contributed by atoms with Gasteiger partial charge in [0.2, 0.25) is 11.9 Å². The second-order valence-corrected chi connectivity index (χ2v) is 4.48. The molecule has 8 heteroatoms. The fraction of sp³-hybridized carbons (Fsp3) is 0.500.